The van der Waals surface area contributed by atoms with Crippen molar-refractivity contribution < 1.29 is 9.53 Å². The summed E-state index contributed by atoms with van der Waals surface area (Å²) >= 11 is 1.78. The monoisotopic (exact) mass is 380 g/mol. The number of hydrogen-bond donors (Lipinski definition) is 0. The van der Waals surface area contributed by atoms with E-state index < -0.39 is 6.10 Å². The summed E-state index contributed by atoms with van der Waals surface area (Å²) in [6, 6.07) is 16.1. The Morgan fingerprint density at radius 2 is 1.85 bits per heavy atom. The van der Waals surface area contributed by atoms with Gasteiger partial charge in [0.1, 0.15) is 5.75 Å². The highest BCUT2D eigenvalue weighted by molar-refractivity contribution is 7.18. The molecule has 0 spiro atoms. The van der Waals surface area contributed by atoms with Gasteiger partial charge >= 0.3 is 0 Å². The van der Waals surface area contributed by atoms with Crippen LogP contribution in [0.2, 0.25) is 0 Å². The lowest BCUT2D eigenvalue weighted by Crippen LogP contribution is -2.44. The predicted octanol–water partition coefficient (Wildman–Crippen LogP) is 4.78. The number of amides is 1. The van der Waals surface area contributed by atoms with Gasteiger partial charge in [0.15, 0.2) is 6.10 Å². The van der Waals surface area contributed by atoms with Crippen LogP contribution in [0.3, 0.4) is 0 Å². The number of piperidine rings is 1. The topological polar surface area (TPSA) is 42.4 Å². The van der Waals surface area contributed by atoms with Crippen LogP contribution in [0.25, 0.3) is 10.2 Å². The van der Waals surface area contributed by atoms with E-state index in [-0.39, 0.29) is 5.91 Å². The Hall–Kier alpha value is -2.40. The lowest BCUT2D eigenvalue weighted by atomic mass is 9.97. The molecule has 140 valence electrons. The minimum Gasteiger partial charge on any atom is -0.481 e. The first-order valence-electron chi connectivity index (χ1n) is 9.48. The highest BCUT2D eigenvalue weighted by atomic mass is 32.1. The number of aromatic nitrogens is 1. The molecule has 2 heterocycles. The molecule has 0 radical (unpaired) electrons. The van der Waals surface area contributed by atoms with Gasteiger partial charge in [-0.05, 0) is 51.0 Å². The SMILES string of the molecule is Cc1ccc(O[C@H](C)C(=O)N2CCC(c3nc4ccccc4s3)CC2)cc1. The fourth-order valence-corrected chi connectivity index (χ4v) is 4.68. The number of para-hydroxylation sites is 1. The molecule has 1 aromatic heterocycles. The molecular formula is C22H24N2O2S. The Bertz CT molecular complexity index is 894. The van der Waals surface area contributed by atoms with Gasteiger partial charge in [0, 0.05) is 19.0 Å². The van der Waals surface area contributed by atoms with E-state index in [1.807, 2.05) is 49.1 Å². The molecule has 0 bridgehead atoms. The summed E-state index contributed by atoms with van der Waals surface area (Å²) in [6.07, 6.45) is 1.46. The van der Waals surface area contributed by atoms with Gasteiger partial charge in [0.2, 0.25) is 0 Å². The van der Waals surface area contributed by atoms with Crippen molar-refractivity contribution in [2.75, 3.05) is 13.1 Å². The van der Waals surface area contributed by atoms with Crippen LogP contribution in [0.4, 0.5) is 0 Å². The van der Waals surface area contributed by atoms with Crippen molar-refractivity contribution in [2.24, 2.45) is 0 Å². The molecule has 5 heteroatoms. The molecule has 2 aromatic carbocycles. The standard InChI is InChI=1S/C22H24N2O2S/c1-15-7-9-18(10-8-15)26-16(2)22(25)24-13-11-17(12-14-24)21-23-19-5-3-4-6-20(19)27-21/h3-10,16-17H,11-14H2,1-2H3/t16-/m1/s1. The van der Waals surface area contributed by atoms with Crippen LogP contribution in [-0.2, 0) is 4.79 Å². The second-order valence-corrected chi connectivity index (χ2v) is 8.25. The van der Waals surface area contributed by atoms with Gasteiger partial charge < -0.3 is 9.64 Å². The van der Waals surface area contributed by atoms with E-state index in [4.69, 9.17) is 9.72 Å². The summed E-state index contributed by atoms with van der Waals surface area (Å²) in [5, 5.41) is 1.20. The van der Waals surface area contributed by atoms with Crippen LogP contribution in [0.1, 0.15) is 36.3 Å². The third-order valence-electron chi connectivity index (χ3n) is 5.15. The number of fused-ring (bicyclic) bond motifs is 1. The lowest BCUT2D eigenvalue weighted by Gasteiger charge is -2.32. The van der Waals surface area contributed by atoms with Gasteiger partial charge in [-0.25, -0.2) is 4.98 Å². The van der Waals surface area contributed by atoms with Gasteiger partial charge in [-0.1, -0.05) is 29.8 Å². The van der Waals surface area contributed by atoms with Crippen LogP contribution in [0.5, 0.6) is 5.75 Å². The minimum atomic E-state index is -0.466. The molecule has 1 saturated heterocycles. The first-order chi connectivity index (χ1) is 13.1. The predicted molar refractivity (Wildman–Crippen MR) is 109 cm³/mol. The Morgan fingerprint density at radius 3 is 2.56 bits per heavy atom. The molecule has 4 nitrogen and oxygen atoms in total. The Labute approximate surface area is 163 Å². The largest absolute Gasteiger partial charge is 0.481 e. The van der Waals surface area contributed by atoms with Crippen LogP contribution in [-0.4, -0.2) is 35.0 Å². The van der Waals surface area contributed by atoms with E-state index in [0.717, 1.165) is 37.2 Å². The Kier molecular flexibility index (Phi) is 5.12. The summed E-state index contributed by atoms with van der Waals surface area (Å²) in [7, 11) is 0. The lowest BCUT2D eigenvalue weighted by molar-refractivity contribution is -0.139. The van der Waals surface area contributed by atoms with Crippen molar-refractivity contribution in [3.05, 3.63) is 59.1 Å². The molecule has 27 heavy (non-hydrogen) atoms. The van der Waals surface area contributed by atoms with Gasteiger partial charge in [-0.3, -0.25) is 4.79 Å². The number of carbonyl (C=O) groups is 1. The van der Waals surface area contributed by atoms with Crippen molar-refractivity contribution in [3.63, 3.8) is 0 Å². The van der Waals surface area contributed by atoms with Crippen molar-refractivity contribution in [2.45, 2.75) is 38.7 Å². The Morgan fingerprint density at radius 1 is 1.15 bits per heavy atom. The zero-order chi connectivity index (χ0) is 18.8. The first-order valence-corrected chi connectivity index (χ1v) is 10.3. The Balaban J connectivity index is 1.35. The van der Waals surface area contributed by atoms with E-state index in [1.54, 1.807) is 11.3 Å². The molecule has 1 aliphatic rings. The van der Waals surface area contributed by atoms with E-state index in [2.05, 4.69) is 18.2 Å². The van der Waals surface area contributed by atoms with Gasteiger partial charge in [0.25, 0.3) is 5.91 Å². The first kappa shape index (κ1) is 18.0. The highest BCUT2D eigenvalue weighted by Gasteiger charge is 2.29. The number of likely N-dealkylation sites (tertiary alicyclic amines) is 1. The fourth-order valence-electron chi connectivity index (χ4n) is 3.54. The van der Waals surface area contributed by atoms with Crippen molar-refractivity contribution >= 4 is 27.5 Å². The number of benzene rings is 2. The van der Waals surface area contributed by atoms with Crippen molar-refractivity contribution in [3.8, 4) is 5.75 Å². The van der Waals surface area contributed by atoms with Gasteiger partial charge in [0.05, 0.1) is 15.2 Å². The van der Waals surface area contributed by atoms with Crippen LogP contribution < -0.4 is 4.74 Å². The van der Waals surface area contributed by atoms with Crippen LogP contribution in [0.15, 0.2) is 48.5 Å². The van der Waals surface area contributed by atoms with E-state index in [1.165, 1.54) is 15.3 Å². The van der Waals surface area contributed by atoms with Crippen molar-refractivity contribution in [1.82, 2.24) is 9.88 Å². The molecule has 0 saturated carbocycles. The number of carbonyl (C=O) groups excluding carboxylic acids is 1. The average Bonchev–Trinajstić information content (AvgIpc) is 3.13. The fraction of sp³-hybridized carbons (Fsp3) is 0.364. The normalized spacial score (nSPS) is 16.4. The summed E-state index contributed by atoms with van der Waals surface area (Å²) < 4.78 is 7.08. The summed E-state index contributed by atoms with van der Waals surface area (Å²) in [6.45, 7) is 5.40. The summed E-state index contributed by atoms with van der Waals surface area (Å²) in [4.78, 5) is 19.5. The van der Waals surface area contributed by atoms with Crippen molar-refractivity contribution in [1.29, 1.82) is 0 Å². The molecule has 1 fully saturated rings. The zero-order valence-electron chi connectivity index (χ0n) is 15.7. The van der Waals surface area contributed by atoms with Crippen LogP contribution in [0, 0.1) is 6.92 Å². The molecule has 4 rings (SSSR count). The van der Waals surface area contributed by atoms with E-state index in [9.17, 15) is 4.79 Å². The maximum Gasteiger partial charge on any atom is 0.263 e. The second-order valence-electron chi connectivity index (χ2n) is 7.19. The number of thiazole rings is 1. The second kappa shape index (κ2) is 7.69. The summed E-state index contributed by atoms with van der Waals surface area (Å²) in [5.74, 6) is 1.25. The molecule has 1 atom stereocenters. The molecular weight excluding hydrogens is 356 g/mol. The van der Waals surface area contributed by atoms with Crippen LogP contribution >= 0.6 is 11.3 Å². The summed E-state index contributed by atoms with van der Waals surface area (Å²) in [5.41, 5.74) is 2.26. The minimum absolute atomic E-state index is 0.0679. The smallest absolute Gasteiger partial charge is 0.263 e. The zero-order valence-corrected chi connectivity index (χ0v) is 16.5. The molecule has 1 aliphatic heterocycles. The molecule has 1 amide bonds. The highest BCUT2D eigenvalue weighted by Crippen LogP contribution is 2.34. The molecule has 0 N–H and O–H groups in total. The number of ether oxygens (including phenoxy) is 1. The maximum absolute atomic E-state index is 12.7. The maximum atomic E-state index is 12.7. The third-order valence-corrected chi connectivity index (χ3v) is 6.35. The quantitative estimate of drug-likeness (QED) is 0.654. The van der Waals surface area contributed by atoms with E-state index in [0.29, 0.717) is 5.92 Å². The molecule has 0 aliphatic carbocycles. The number of hydrogen-bond acceptors (Lipinski definition) is 4. The van der Waals surface area contributed by atoms with Gasteiger partial charge in [-0.2, -0.15) is 0 Å². The molecule has 3 aromatic rings. The van der Waals surface area contributed by atoms with Gasteiger partial charge in [-0.15, -0.1) is 11.3 Å². The van der Waals surface area contributed by atoms with E-state index >= 15 is 0 Å². The molecule has 0 unspecified atom stereocenters. The number of rotatable bonds is 4. The number of nitrogens with zero attached hydrogens (tertiary/aromatic N) is 2. The average molecular weight is 381 g/mol. The number of aryl methyl sites for hydroxylation is 1. The third kappa shape index (κ3) is 3.98.